The number of nitrogens with zero attached hydrogens (tertiary/aromatic N) is 5. The highest BCUT2D eigenvalue weighted by atomic mass is 32.2. The van der Waals surface area contributed by atoms with E-state index in [9.17, 15) is 13.2 Å². The quantitative estimate of drug-likeness (QED) is 0.580. The smallest absolute Gasteiger partial charge is 0.254 e. The molecule has 0 aliphatic carbocycles. The lowest BCUT2D eigenvalue weighted by Crippen LogP contribution is -2.32. The first-order valence-electron chi connectivity index (χ1n) is 9.11. The van der Waals surface area contributed by atoms with Crippen LogP contribution in [0.4, 0.5) is 5.82 Å². The number of nitrogens with one attached hydrogen (secondary N) is 2. The van der Waals surface area contributed by atoms with Gasteiger partial charge in [-0.05, 0) is 26.2 Å². The first-order valence-corrected chi connectivity index (χ1v) is 10.7. The van der Waals surface area contributed by atoms with Gasteiger partial charge < -0.3 is 10.6 Å². The van der Waals surface area contributed by atoms with E-state index in [1.54, 1.807) is 4.52 Å². The minimum absolute atomic E-state index is 0.0270. The van der Waals surface area contributed by atoms with Crippen LogP contribution >= 0.6 is 0 Å². The second kappa shape index (κ2) is 8.61. The van der Waals surface area contributed by atoms with Crippen molar-refractivity contribution in [3.63, 3.8) is 0 Å². The predicted octanol–water partition coefficient (Wildman–Crippen LogP) is 0.167. The number of sulfonamides is 1. The van der Waals surface area contributed by atoms with Gasteiger partial charge in [-0.1, -0.05) is 0 Å². The number of aromatic nitrogens is 4. The van der Waals surface area contributed by atoms with Crippen LogP contribution in [0.3, 0.4) is 0 Å². The number of rotatable bonds is 9. The first-order chi connectivity index (χ1) is 13.0. The summed E-state index contributed by atoms with van der Waals surface area (Å²) in [5.74, 6) is 1.14. The SMILES string of the molecule is Cc1cc(NCCNC(=O)CCCS(=O)(=O)N2CCCC2)n2ncnc2n1. The Labute approximate surface area is 158 Å². The summed E-state index contributed by atoms with van der Waals surface area (Å²) in [5.41, 5.74) is 0.821. The number of hydrogen-bond donors (Lipinski definition) is 2. The third-order valence-corrected chi connectivity index (χ3v) is 6.35. The molecule has 0 saturated carbocycles. The lowest BCUT2D eigenvalue weighted by Gasteiger charge is -2.15. The second-order valence-electron chi connectivity index (χ2n) is 6.56. The molecule has 148 valence electrons. The summed E-state index contributed by atoms with van der Waals surface area (Å²) in [6, 6.07) is 1.85. The number of aryl methyl sites for hydroxylation is 1. The summed E-state index contributed by atoms with van der Waals surface area (Å²) < 4.78 is 27.3. The van der Waals surface area contributed by atoms with Gasteiger partial charge in [-0.15, -0.1) is 0 Å². The van der Waals surface area contributed by atoms with Crippen molar-refractivity contribution >= 4 is 27.5 Å². The third-order valence-electron chi connectivity index (χ3n) is 4.40. The molecular weight excluding hydrogens is 370 g/mol. The first kappa shape index (κ1) is 19.5. The second-order valence-corrected chi connectivity index (χ2v) is 8.65. The number of carbonyl (C=O) groups is 1. The minimum Gasteiger partial charge on any atom is -0.368 e. The molecule has 0 aromatic carbocycles. The van der Waals surface area contributed by atoms with E-state index in [0.29, 0.717) is 38.4 Å². The van der Waals surface area contributed by atoms with Crippen LogP contribution in [0.1, 0.15) is 31.4 Å². The molecule has 0 unspecified atom stereocenters. The Morgan fingerprint density at radius 3 is 2.81 bits per heavy atom. The number of hydrogen-bond acceptors (Lipinski definition) is 7. The van der Waals surface area contributed by atoms with Crippen LogP contribution in [0.25, 0.3) is 5.78 Å². The Morgan fingerprint density at radius 2 is 2.04 bits per heavy atom. The highest BCUT2D eigenvalue weighted by Crippen LogP contribution is 2.14. The number of carbonyl (C=O) groups excluding carboxylic acids is 1. The largest absolute Gasteiger partial charge is 0.368 e. The molecule has 0 atom stereocenters. The normalized spacial score (nSPS) is 15.3. The Kier molecular flexibility index (Phi) is 6.22. The molecule has 10 nitrogen and oxygen atoms in total. The van der Waals surface area contributed by atoms with Gasteiger partial charge in [0.2, 0.25) is 15.9 Å². The van der Waals surface area contributed by atoms with E-state index in [1.807, 2.05) is 13.0 Å². The van der Waals surface area contributed by atoms with Crippen LogP contribution in [0.5, 0.6) is 0 Å². The van der Waals surface area contributed by atoms with Crippen LogP contribution in [0.2, 0.25) is 0 Å². The molecule has 2 N–H and O–H groups in total. The van der Waals surface area contributed by atoms with E-state index < -0.39 is 10.0 Å². The zero-order chi connectivity index (χ0) is 19.3. The zero-order valence-electron chi connectivity index (χ0n) is 15.4. The van der Waals surface area contributed by atoms with Crippen molar-refractivity contribution < 1.29 is 13.2 Å². The van der Waals surface area contributed by atoms with Crippen molar-refractivity contribution in [3.05, 3.63) is 18.1 Å². The van der Waals surface area contributed by atoms with Crippen molar-refractivity contribution in [2.24, 2.45) is 0 Å². The maximum Gasteiger partial charge on any atom is 0.254 e. The zero-order valence-corrected chi connectivity index (χ0v) is 16.2. The van der Waals surface area contributed by atoms with Crippen molar-refractivity contribution in [2.75, 3.05) is 37.2 Å². The Morgan fingerprint density at radius 1 is 1.26 bits per heavy atom. The Balaban J connectivity index is 1.36. The molecule has 1 saturated heterocycles. The summed E-state index contributed by atoms with van der Waals surface area (Å²) in [6.07, 6.45) is 3.82. The minimum atomic E-state index is -3.22. The monoisotopic (exact) mass is 395 g/mol. The fourth-order valence-corrected chi connectivity index (χ4v) is 4.63. The van der Waals surface area contributed by atoms with Crippen molar-refractivity contribution in [1.82, 2.24) is 29.2 Å². The van der Waals surface area contributed by atoms with Gasteiger partial charge >= 0.3 is 0 Å². The molecule has 27 heavy (non-hydrogen) atoms. The maximum atomic E-state index is 12.1. The summed E-state index contributed by atoms with van der Waals surface area (Å²) in [5, 5.41) is 10.1. The van der Waals surface area contributed by atoms with E-state index in [0.717, 1.165) is 24.4 Å². The fourth-order valence-electron chi connectivity index (χ4n) is 3.05. The molecule has 1 fully saturated rings. The summed E-state index contributed by atoms with van der Waals surface area (Å²) in [6.45, 7) is 4.02. The number of fused-ring (bicyclic) bond motifs is 1. The van der Waals surface area contributed by atoms with Gasteiger partial charge in [0.1, 0.15) is 12.1 Å². The summed E-state index contributed by atoms with van der Waals surface area (Å²) >= 11 is 0. The van der Waals surface area contributed by atoms with Crippen LogP contribution in [0.15, 0.2) is 12.4 Å². The highest BCUT2D eigenvalue weighted by molar-refractivity contribution is 7.89. The van der Waals surface area contributed by atoms with E-state index >= 15 is 0 Å². The van der Waals surface area contributed by atoms with Crippen LogP contribution in [-0.4, -0.2) is 70.1 Å². The Hall–Kier alpha value is -2.27. The molecule has 0 bridgehead atoms. The molecule has 3 heterocycles. The fraction of sp³-hybridized carbons (Fsp3) is 0.625. The van der Waals surface area contributed by atoms with Gasteiger partial charge in [-0.25, -0.2) is 17.7 Å². The molecule has 3 rings (SSSR count). The Bertz CT molecular complexity index is 891. The standard InChI is InChI=1S/C16H25N7O3S/c1-13-11-14(23-16(21-13)19-12-20-23)17-6-7-18-15(24)5-4-10-27(25,26)22-8-2-3-9-22/h11-12,17H,2-10H2,1H3,(H,18,24). The topological polar surface area (TPSA) is 122 Å². The molecule has 1 amide bonds. The van der Waals surface area contributed by atoms with Gasteiger partial charge in [0.15, 0.2) is 0 Å². The van der Waals surface area contributed by atoms with Crippen LogP contribution < -0.4 is 10.6 Å². The lowest BCUT2D eigenvalue weighted by atomic mass is 10.3. The molecule has 1 aliphatic heterocycles. The highest BCUT2D eigenvalue weighted by Gasteiger charge is 2.24. The van der Waals surface area contributed by atoms with E-state index in [2.05, 4.69) is 25.7 Å². The van der Waals surface area contributed by atoms with Gasteiger partial charge in [0, 0.05) is 44.4 Å². The summed E-state index contributed by atoms with van der Waals surface area (Å²) in [7, 11) is -3.22. The van der Waals surface area contributed by atoms with Crippen LogP contribution in [-0.2, 0) is 14.8 Å². The van der Waals surface area contributed by atoms with Gasteiger partial charge in [0.25, 0.3) is 5.78 Å². The van der Waals surface area contributed by atoms with Crippen molar-refractivity contribution in [2.45, 2.75) is 32.6 Å². The number of anilines is 1. The molecule has 2 aromatic rings. The van der Waals surface area contributed by atoms with Gasteiger partial charge in [-0.2, -0.15) is 14.6 Å². The average Bonchev–Trinajstić information content (AvgIpc) is 3.30. The van der Waals surface area contributed by atoms with Crippen molar-refractivity contribution in [3.8, 4) is 0 Å². The molecule has 0 spiro atoms. The molecule has 1 aliphatic rings. The number of amides is 1. The molecular formula is C16H25N7O3S. The summed E-state index contributed by atoms with van der Waals surface area (Å²) in [4.78, 5) is 20.2. The molecule has 2 aromatic heterocycles. The molecule has 11 heteroatoms. The van der Waals surface area contributed by atoms with E-state index in [4.69, 9.17) is 0 Å². The predicted molar refractivity (Wildman–Crippen MR) is 101 cm³/mol. The lowest BCUT2D eigenvalue weighted by molar-refractivity contribution is -0.121. The van der Waals surface area contributed by atoms with Gasteiger partial charge in [0.05, 0.1) is 5.75 Å². The third kappa shape index (κ3) is 5.13. The van der Waals surface area contributed by atoms with Crippen molar-refractivity contribution in [1.29, 1.82) is 0 Å². The average molecular weight is 395 g/mol. The van der Waals surface area contributed by atoms with Gasteiger partial charge in [-0.3, -0.25) is 4.79 Å². The maximum absolute atomic E-state index is 12.1. The van der Waals surface area contributed by atoms with E-state index in [1.165, 1.54) is 10.6 Å². The molecule has 0 radical (unpaired) electrons. The van der Waals surface area contributed by atoms with Crippen LogP contribution in [0, 0.1) is 6.92 Å². The van der Waals surface area contributed by atoms with E-state index in [-0.39, 0.29) is 18.1 Å².